The Morgan fingerprint density at radius 1 is 1.28 bits per heavy atom. The number of para-hydroxylation sites is 1. The van der Waals surface area contributed by atoms with E-state index in [-0.39, 0.29) is 17.4 Å². The molecule has 1 atom stereocenters. The van der Waals surface area contributed by atoms with Gasteiger partial charge in [0.05, 0.1) is 0 Å². The van der Waals surface area contributed by atoms with Crippen molar-refractivity contribution in [2.24, 2.45) is 0 Å². The predicted octanol–water partition coefficient (Wildman–Crippen LogP) is 3.11. The molecule has 1 aliphatic heterocycles. The second kappa shape index (κ2) is 8.25. The second-order valence-electron chi connectivity index (χ2n) is 7.79. The summed E-state index contributed by atoms with van der Waals surface area (Å²) in [5, 5.41) is 7.38. The van der Waals surface area contributed by atoms with Crippen molar-refractivity contribution in [1.82, 2.24) is 15.2 Å². The van der Waals surface area contributed by atoms with E-state index in [2.05, 4.69) is 40.3 Å². The molecular formula is C23H27N3O3. The molecule has 0 radical (unpaired) electrons. The first-order valence-corrected chi connectivity index (χ1v) is 10.2. The summed E-state index contributed by atoms with van der Waals surface area (Å²) in [6.07, 6.45) is 2.05. The highest BCUT2D eigenvalue weighted by atomic mass is 16.4. The van der Waals surface area contributed by atoms with Crippen LogP contribution in [0, 0.1) is 13.8 Å². The number of nitrogens with zero attached hydrogens (tertiary/aromatic N) is 1. The maximum Gasteiger partial charge on any atom is 0.349 e. The third-order valence-electron chi connectivity index (χ3n) is 5.73. The summed E-state index contributed by atoms with van der Waals surface area (Å²) < 4.78 is 7.69. The number of amides is 1. The Morgan fingerprint density at radius 2 is 2.10 bits per heavy atom. The van der Waals surface area contributed by atoms with Gasteiger partial charge in [0, 0.05) is 36.8 Å². The van der Waals surface area contributed by atoms with Gasteiger partial charge in [0.1, 0.15) is 11.3 Å². The average molecular weight is 393 g/mol. The van der Waals surface area contributed by atoms with E-state index in [9.17, 15) is 9.59 Å². The van der Waals surface area contributed by atoms with Crippen LogP contribution in [0.5, 0.6) is 0 Å². The largest absolute Gasteiger partial charge is 0.427 e. The summed E-state index contributed by atoms with van der Waals surface area (Å²) in [5.74, 6) is 0.488. The minimum absolute atomic E-state index is 0.103. The summed E-state index contributed by atoms with van der Waals surface area (Å²) in [4.78, 5) is 25.2. The van der Waals surface area contributed by atoms with Crippen molar-refractivity contribution in [3.63, 3.8) is 0 Å². The fourth-order valence-electron chi connectivity index (χ4n) is 4.22. The second-order valence-corrected chi connectivity index (χ2v) is 7.79. The fraction of sp³-hybridized carbons (Fsp3) is 0.391. The van der Waals surface area contributed by atoms with Crippen molar-refractivity contribution in [3.8, 4) is 0 Å². The van der Waals surface area contributed by atoms with Crippen molar-refractivity contribution in [2.75, 3.05) is 19.6 Å². The lowest BCUT2D eigenvalue weighted by molar-refractivity contribution is 0.0947. The number of aromatic nitrogens is 1. The standard InChI is InChI=1S/C23H27N3O3/c1-15-12-20(18-7-5-9-24-14-18)29-23(28)21(15)22(27)25-10-11-26-16(2)13-17-6-3-4-8-19(17)26/h3-4,6,8,12-13,18,24H,5,7,9-11,14H2,1-2H3,(H,25,27). The van der Waals surface area contributed by atoms with Crippen LogP contribution in [0.2, 0.25) is 0 Å². The van der Waals surface area contributed by atoms with Crippen LogP contribution in [0.1, 0.15) is 46.1 Å². The summed E-state index contributed by atoms with van der Waals surface area (Å²) in [6, 6.07) is 12.2. The van der Waals surface area contributed by atoms with Crippen LogP contribution in [-0.4, -0.2) is 30.1 Å². The van der Waals surface area contributed by atoms with Gasteiger partial charge in [-0.25, -0.2) is 4.79 Å². The molecule has 2 aromatic heterocycles. The summed E-state index contributed by atoms with van der Waals surface area (Å²) in [7, 11) is 0. The van der Waals surface area contributed by atoms with Gasteiger partial charge in [-0.05, 0) is 62.4 Å². The van der Waals surface area contributed by atoms with Crippen molar-refractivity contribution < 1.29 is 9.21 Å². The average Bonchev–Trinajstić information content (AvgIpc) is 3.03. The number of piperidine rings is 1. The summed E-state index contributed by atoms with van der Waals surface area (Å²) in [6.45, 7) is 6.73. The molecule has 1 aliphatic rings. The van der Waals surface area contributed by atoms with Gasteiger partial charge in [0.15, 0.2) is 0 Å². The monoisotopic (exact) mass is 393 g/mol. The number of hydrogen-bond acceptors (Lipinski definition) is 4. The van der Waals surface area contributed by atoms with Gasteiger partial charge in [-0.3, -0.25) is 4.79 Å². The molecule has 1 saturated heterocycles. The van der Waals surface area contributed by atoms with Crippen molar-refractivity contribution in [1.29, 1.82) is 0 Å². The van der Waals surface area contributed by atoms with Crippen LogP contribution in [0.15, 0.2) is 45.6 Å². The van der Waals surface area contributed by atoms with Gasteiger partial charge in [0.2, 0.25) is 0 Å². The molecule has 152 valence electrons. The van der Waals surface area contributed by atoms with Gasteiger partial charge in [0.25, 0.3) is 5.91 Å². The third-order valence-corrected chi connectivity index (χ3v) is 5.73. The maximum atomic E-state index is 12.7. The molecular weight excluding hydrogens is 366 g/mol. The Labute approximate surface area is 169 Å². The number of hydrogen-bond donors (Lipinski definition) is 2. The van der Waals surface area contributed by atoms with Gasteiger partial charge in [-0.2, -0.15) is 0 Å². The smallest absolute Gasteiger partial charge is 0.349 e. The lowest BCUT2D eigenvalue weighted by Crippen LogP contribution is -2.33. The highest BCUT2D eigenvalue weighted by Crippen LogP contribution is 2.23. The molecule has 6 nitrogen and oxygen atoms in total. The molecule has 2 N–H and O–H groups in total. The highest BCUT2D eigenvalue weighted by Gasteiger charge is 2.22. The van der Waals surface area contributed by atoms with Gasteiger partial charge in [-0.15, -0.1) is 0 Å². The number of benzene rings is 1. The van der Waals surface area contributed by atoms with Crippen LogP contribution in [0.25, 0.3) is 10.9 Å². The molecule has 0 aliphatic carbocycles. The molecule has 1 fully saturated rings. The highest BCUT2D eigenvalue weighted by molar-refractivity contribution is 5.95. The van der Waals surface area contributed by atoms with Crippen LogP contribution in [0.4, 0.5) is 0 Å². The Kier molecular flexibility index (Phi) is 5.53. The van der Waals surface area contributed by atoms with E-state index in [1.54, 1.807) is 6.92 Å². The molecule has 1 aromatic carbocycles. The maximum absolute atomic E-state index is 12.7. The summed E-state index contributed by atoms with van der Waals surface area (Å²) >= 11 is 0. The number of carbonyl (C=O) groups is 1. The quantitative estimate of drug-likeness (QED) is 0.698. The SMILES string of the molecule is Cc1cc(C2CCCNC2)oc(=O)c1C(=O)NCCn1c(C)cc2ccccc21. The lowest BCUT2D eigenvalue weighted by Gasteiger charge is -2.22. The third kappa shape index (κ3) is 3.98. The zero-order valence-corrected chi connectivity index (χ0v) is 17.0. The van der Waals surface area contributed by atoms with Crippen LogP contribution in [0.3, 0.4) is 0 Å². The van der Waals surface area contributed by atoms with Gasteiger partial charge >= 0.3 is 5.63 Å². The number of nitrogens with one attached hydrogen (secondary N) is 2. The Morgan fingerprint density at radius 3 is 2.86 bits per heavy atom. The topological polar surface area (TPSA) is 76.3 Å². The van der Waals surface area contributed by atoms with E-state index >= 15 is 0 Å². The molecule has 6 heteroatoms. The zero-order chi connectivity index (χ0) is 20.4. The number of carbonyl (C=O) groups excluding carboxylic acids is 1. The number of aryl methyl sites for hydroxylation is 2. The van der Waals surface area contributed by atoms with Crippen molar-refractivity contribution >= 4 is 16.8 Å². The van der Waals surface area contributed by atoms with Crippen LogP contribution >= 0.6 is 0 Å². The van der Waals surface area contributed by atoms with Crippen LogP contribution in [-0.2, 0) is 6.54 Å². The van der Waals surface area contributed by atoms with E-state index in [1.807, 2.05) is 18.2 Å². The molecule has 3 heterocycles. The number of rotatable bonds is 5. The predicted molar refractivity (Wildman–Crippen MR) is 114 cm³/mol. The molecule has 3 aromatic rings. The Hall–Kier alpha value is -2.86. The molecule has 1 amide bonds. The van der Waals surface area contributed by atoms with E-state index in [4.69, 9.17) is 4.42 Å². The van der Waals surface area contributed by atoms with Crippen molar-refractivity contribution in [2.45, 2.75) is 39.2 Å². The van der Waals surface area contributed by atoms with Gasteiger partial charge in [-0.1, -0.05) is 18.2 Å². The normalized spacial score (nSPS) is 16.8. The zero-order valence-electron chi connectivity index (χ0n) is 17.0. The Balaban J connectivity index is 1.45. The first-order valence-electron chi connectivity index (χ1n) is 10.2. The van der Waals surface area contributed by atoms with E-state index < -0.39 is 5.63 Å². The fourth-order valence-corrected chi connectivity index (χ4v) is 4.22. The Bertz CT molecular complexity index is 1090. The minimum atomic E-state index is -0.550. The van der Waals surface area contributed by atoms with Crippen LogP contribution < -0.4 is 16.3 Å². The van der Waals surface area contributed by atoms with Gasteiger partial charge < -0.3 is 19.6 Å². The van der Waals surface area contributed by atoms with E-state index in [0.717, 1.165) is 37.1 Å². The molecule has 0 saturated carbocycles. The number of fused-ring (bicyclic) bond motifs is 1. The summed E-state index contributed by atoms with van der Waals surface area (Å²) in [5.41, 5.74) is 2.50. The molecule has 4 rings (SSSR count). The molecule has 1 unspecified atom stereocenters. The first-order chi connectivity index (χ1) is 14.0. The lowest BCUT2D eigenvalue weighted by atomic mass is 9.95. The molecule has 0 bridgehead atoms. The van der Waals surface area contributed by atoms with E-state index in [0.29, 0.717) is 24.4 Å². The van der Waals surface area contributed by atoms with E-state index in [1.165, 1.54) is 5.39 Å². The van der Waals surface area contributed by atoms with Crippen molar-refractivity contribution in [3.05, 3.63) is 69.4 Å². The minimum Gasteiger partial charge on any atom is -0.427 e. The molecule has 0 spiro atoms. The first kappa shape index (κ1) is 19.5. The molecule has 29 heavy (non-hydrogen) atoms.